The third kappa shape index (κ3) is 3.85. The Morgan fingerprint density at radius 3 is 2.72 bits per heavy atom. The largest absolute Gasteiger partial charge is 0.506 e. The van der Waals surface area contributed by atoms with Gasteiger partial charge in [0.2, 0.25) is 0 Å². The van der Waals surface area contributed by atoms with E-state index in [2.05, 4.69) is 4.99 Å². The lowest BCUT2D eigenvalue weighted by Gasteiger charge is -2.04. The van der Waals surface area contributed by atoms with Crippen LogP contribution in [0.15, 0.2) is 68.3 Å². The lowest BCUT2D eigenvalue weighted by molar-refractivity contribution is -0.138. The first-order valence-corrected chi connectivity index (χ1v) is 8.59. The topological polar surface area (TPSA) is 72.0 Å². The van der Waals surface area contributed by atoms with E-state index in [1.807, 2.05) is 31.2 Å². The van der Waals surface area contributed by atoms with Gasteiger partial charge in [0.05, 0.1) is 23.5 Å². The molecule has 128 valence electrons. The van der Waals surface area contributed by atoms with Crippen LogP contribution in [0, 0.1) is 6.92 Å². The van der Waals surface area contributed by atoms with Gasteiger partial charge in [-0.1, -0.05) is 29.5 Å². The molecule has 2 aromatic rings. The van der Waals surface area contributed by atoms with Gasteiger partial charge in [-0.05, 0) is 44.2 Å². The number of aliphatic imine (C=N–C) groups is 1. The molecule has 5 nitrogen and oxygen atoms in total. The Balaban J connectivity index is 2.02. The Kier molecular flexibility index (Phi) is 5.09. The molecule has 0 aliphatic carbocycles. The summed E-state index contributed by atoms with van der Waals surface area (Å²) < 4.78 is 10.3. The van der Waals surface area contributed by atoms with Gasteiger partial charge >= 0.3 is 5.97 Å². The maximum atomic E-state index is 12.3. The zero-order chi connectivity index (χ0) is 17.8. The van der Waals surface area contributed by atoms with Crippen molar-refractivity contribution < 1.29 is 19.1 Å². The SMILES string of the molecule is CCOC(=O)C1=C(O)/C(=C/c2ccco2)SC1=Nc1ccc(C)cc1. The van der Waals surface area contributed by atoms with Crippen LogP contribution < -0.4 is 0 Å². The summed E-state index contributed by atoms with van der Waals surface area (Å²) in [5, 5.41) is 10.9. The lowest BCUT2D eigenvalue weighted by Crippen LogP contribution is -2.12. The van der Waals surface area contributed by atoms with Crippen LogP contribution in [0.5, 0.6) is 0 Å². The number of hydrogen-bond donors (Lipinski definition) is 1. The van der Waals surface area contributed by atoms with Gasteiger partial charge in [-0.15, -0.1) is 0 Å². The van der Waals surface area contributed by atoms with Crippen molar-refractivity contribution >= 4 is 34.5 Å². The zero-order valence-corrected chi connectivity index (χ0v) is 14.7. The molecule has 25 heavy (non-hydrogen) atoms. The van der Waals surface area contributed by atoms with Crippen molar-refractivity contribution in [3.8, 4) is 0 Å². The standard InChI is InChI=1S/C19H17NO4S/c1-3-23-19(22)16-17(21)15(11-14-5-4-10-24-14)25-18(16)20-13-8-6-12(2)7-9-13/h4-11,21H,3H2,1-2H3/b15-11-,20-18?. The fourth-order valence-electron chi connectivity index (χ4n) is 2.23. The maximum Gasteiger partial charge on any atom is 0.344 e. The number of ether oxygens (including phenoxy) is 1. The first kappa shape index (κ1) is 17.1. The van der Waals surface area contributed by atoms with Crippen molar-refractivity contribution in [1.29, 1.82) is 0 Å². The predicted octanol–water partition coefficient (Wildman–Crippen LogP) is 4.78. The highest BCUT2D eigenvalue weighted by molar-refractivity contribution is 8.18. The van der Waals surface area contributed by atoms with Gasteiger partial charge in [0.25, 0.3) is 0 Å². The first-order valence-electron chi connectivity index (χ1n) is 7.78. The number of nitrogens with zero attached hydrogens (tertiary/aromatic N) is 1. The molecule has 0 radical (unpaired) electrons. The number of furan rings is 1. The molecule has 1 aliphatic heterocycles. The van der Waals surface area contributed by atoms with Crippen LogP contribution in [0.3, 0.4) is 0 Å². The Bertz CT molecular complexity index is 861. The first-order chi connectivity index (χ1) is 12.1. The highest BCUT2D eigenvalue weighted by Gasteiger charge is 2.33. The highest BCUT2D eigenvalue weighted by Crippen LogP contribution is 2.40. The molecule has 0 saturated carbocycles. The lowest BCUT2D eigenvalue weighted by atomic mass is 10.2. The molecule has 1 aromatic carbocycles. The van der Waals surface area contributed by atoms with Crippen LogP contribution in [0.4, 0.5) is 5.69 Å². The quantitative estimate of drug-likeness (QED) is 0.799. The van der Waals surface area contributed by atoms with Gasteiger partial charge in [-0.2, -0.15) is 0 Å². The summed E-state index contributed by atoms with van der Waals surface area (Å²) in [6.45, 7) is 3.92. The molecule has 0 saturated heterocycles. The van der Waals surface area contributed by atoms with Gasteiger partial charge in [0, 0.05) is 0 Å². The number of aryl methyl sites for hydroxylation is 1. The fourth-order valence-corrected chi connectivity index (χ4v) is 3.25. The summed E-state index contributed by atoms with van der Waals surface area (Å²) >= 11 is 1.20. The summed E-state index contributed by atoms with van der Waals surface area (Å²) in [6.07, 6.45) is 3.21. The summed E-state index contributed by atoms with van der Waals surface area (Å²) in [6, 6.07) is 11.1. The summed E-state index contributed by atoms with van der Waals surface area (Å²) in [4.78, 5) is 17.3. The van der Waals surface area contributed by atoms with Gasteiger partial charge < -0.3 is 14.3 Å². The molecule has 0 amide bonds. The van der Waals surface area contributed by atoms with Gasteiger partial charge in [0.15, 0.2) is 0 Å². The van der Waals surface area contributed by atoms with E-state index in [0.29, 0.717) is 21.4 Å². The van der Waals surface area contributed by atoms with Gasteiger partial charge in [0.1, 0.15) is 22.1 Å². The molecule has 0 fully saturated rings. The molecule has 0 unspecified atom stereocenters. The Morgan fingerprint density at radius 2 is 2.08 bits per heavy atom. The molecule has 3 rings (SSSR count). The van der Waals surface area contributed by atoms with Crippen LogP contribution in [0.25, 0.3) is 6.08 Å². The van der Waals surface area contributed by atoms with Crippen molar-refractivity contribution in [1.82, 2.24) is 0 Å². The molecular formula is C19H17NO4S. The number of esters is 1. The van der Waals surface area contributed by atoms with E-state index >= 15 is 0 Å². The normalized spacial score (nSPS) is 17.5. The predicted molar refractivity (Wildman–Crippen MR) is 98.8 cm³/mol. The van der Waals surface area contributed by atoms with Gasteiger partial charge in [-0.25, -0.2) is 9.79 Å². The summed E-state index contributed by atoms with van der Waals surface area (Å²) in [5.41, 5.74) is 1.89. The van der Waals surface area contributed by atoms with Crippen molar-refractivity contribution in [2.24, 2.45) is 4.99 Å². The van der Waals surface area contributed by atoms with E-state index in [1.54, 1.807) is 31.4 Å². The van der Waals surface area contributed by atoms with E-state index in [4.69, 9.17) is 9.15 Å². The number of aliphatic hydroxyl groups excluding tert-OH is 1. The minimum Gasteiger partial charge on any atom is -0.506 e. The van der Waals surface area contributed by atoms with Crippen molar-refractivity contribution in [3.63, 3.8) is 0 Å². The van der Waals surface area contributed by atoms with Crippen molar-refractivity contribution in [2.75, 3.05) is 6.61 Å². The summed E-state index contributed by atoms with van der Waals surface area (Å²) in [5.74, 6) is -0.166. The molecule has 2 heterocycles. The third-order valence-corrected chi connectivity index (χ3v) is 4.47. The van der Waals surface area contributed by atoms with Crippen molar-refractivity contribution in [2.45, 2.75) is 13.8 Å². The van der Waals surface area contributed by atoms with Crippen LogP contribution >= 0.6 is 11.8 Å². The average Bonchev–Trinajstić information content (AvgIpc) is 3.19. The maximum absolute atomic E-state index is 12.3. The molecule has 1 aliphatic rings. The van der Waals surface area contributed by atoms with Crippen LogP contribution in [0.1, 0.15) is 18.2 Å². The van der Waals surface area contributed by atoms with Crippen LogP contribution in [-0.2, 0) is 9.53 Å². The third-order valence-electron chi connectivity index (χ3n) is 3.45. The van der Waals surface area contributed by atoms with E-state index < -0.39 is 5.97 Å². The number of aliphatic hydroxyl groups is 1. The second-order valence-electron chi connectivity index (χ2n) is 5.32. The molecule has 0 atom stereocenters. The van der Waals surface area contributed by atoms with E-state index in [1.165, 1.54) is 11.8 Å². The smallest absolute Gasteiger partial charge is 0.344 e. The minimum absolute atomic E-state index is 0.0743. The molecule has 1 N–H and O–H groups in total. The number of carbonyl (C=O) groups excluding carboxylic acids is 1. The summed E-state index contributed by atoms with van der Waals surface area (Å²) in [7, 11) is 0. The molecule has 6 heteroatoms. The molecule has 0 spiro atoms. The van der Waals surface area contributed by atoms with E-state index in [-0.39, 0.29) is 17.9 Å². The van der Waals surface area contributed by atoms with E-state index in [0.717, 1.165) is 5.56 Å². The number of thioether (sulfide) groups is 1. The molecular weight excluding hydrogens is 338 g/mol. The monoisotopic (exact) mass is 355 g/mol. The number of rotatable bonds is 4. The van der Waals surface area contributed by atoms with Crippen molar-refractivity contribution in [3.05, 3.63) is 70.2 Å². The van der Waals surface area contributed by atoms with Crippen LogP contribution in [0.2, 0.25) is 0 Å². The second kappa shape index (κ2) is 7.44. The number of hydrogen-bond acceptors (Lipinski definition) is 6. The highest BCUT2D eigenvalue weighted by atomic mass is 32.2. The minimum atomic E-state index is -0.596. The Hall–Kier alpha value is -2.73. The average molecular weight is 355 g/mol. The molecule has 0 bridgehead atoms. The van der Waals surface area contributed by atoms with E-state index in [9.17, 15) is 9.90 Å². The second-order valence-corrected chi connectivity index (χ2v) is 6.35. The number of benzene rings is 1. The molecule has 1 aromatic heterocycles. The van der Waals surface area contributed by atoms with Gasteiger partial charge in [-0.3, -0.25) is 0 Å². The van der Waals surface area contributed by atoms with Crippen LogP contribution in [-0.4, -0.2) is 22.7 Å². The Labute approximate surface area is 149 Å². The fraction of sp³-hybridized carbons (Fsp3) is 0.158. The zero-order valence-electron chi connectivity index (χ0n) is 13.9. The number of carbonyl (C=O) groups is 1. The Morgan fingerprint density at radius 1 is 1.32 bits per heavy atom.